The van der Waals surface area contributed by atoms with Crippen LogP contribution in [0, 0.1) is 0 Å². The Morgan fingerprint density at radius 2 is 2.05 bits per heavy atom. The lowest BCUT2D eigenvalue weighted by Crippen LogP contribution is -2.42. The molecular weight excluding hydrogens is 388 g/mol. The van der Waals surface area contributed by atoms with E-state index < -0.39 is 0 Å². The van der Waals surface area contributed by atoms with Gasteiger partial charge in [0, 0.05) is 28.5 Å². The van der Waals surface area contributed by atoms with Crippen molar-refractivity contribution in [1.29, 1.82) is 0 Å². The first-order valence-electron chi connectivity index (χ1n) is 6.39. The summed E-state index contributed by atoms with van der Waals surface area (Å²) < 4.78 is 7.54. The Kier molecular flexibility index (Phi) is 6.48. The van der Waals surface area contributed by atoms with Crippen molar-refractivity contribution in [1.82, 2.24) is 5.32 Å². The molecule has 112 valence electrons. The quantitative estimate of drug-likeness (QED) is 0.728. The number of hydrogen-bond acceptors (Lipinski definition) is 3. The Bertz CT molecular complexity index is 490. The van der Waals surface area contributed by atoms with Gasteiger partial charge in [0.25, 0.3) is 0 Å². The molecule has 0 fully saturated rings. The third-order valence-electron chi connectivity index (χ3n) is 2.75. The molecule has 0 aromatic heterocycles. The van der Waals surface area contributed by atoms with E-state index in [-0.39, 0.29) is 17.9 Å². The number of nitrogens with one attached hydrogen (secondary N) is 1. The van der Waals surface area contributed by atoms with E-state index in [9.17, 15) is 4.79 Å². The number of rotatable bonds is 7. The van der Waals surface area contributed by atoms with Crippen LogP contribution >= 0.6 is 31.9 Å². The van der Waals surface area contributed by atoms with Crippen molar-refractivity contribution in [3.8, 4) is 5.75 Å². The van der Waals surface area contributed by atoms with E-state index >= 15 is 0 Å². The summed E-state index contributed by atoms with van der Waals surface area (Å²) in [6.45, 7) is 7.03. The summed E-state index contributed by atoms with van der Waals surface area (Å²) in [5.74, 6) is 0.501. The maximum atomic E-state index is 11.0. The van der Waals surface area contributed by atoms with Crippen molar-refractivity contribution < 1.29 is 9.53 Å². The van der Waals surface area contributed by atoms with Crippen molar-refractivity contribution in [3.05, 3.63) is 26.6 Å². The molecule has 0 aliphatic heterocycles. The lowest BCUT2D eigenvalue weighted by atomic mass is 10.00. The highest BCUT2D eigenvalue weighted by atomic mass is 79.9. The molecule has 4 nitrogen and oxygen atoms in total. The van der Waals surface area contributed by atoms with E-state index in [1.807, 2.05) is 32.9 Å². The molecule has 0 radical (unpaired) electrons. The molecule has 0 spiro atoms. The fourth-order valence-corrected chi connectivity index (χ4v) is 3.31. The lowest BCUT2D eigenvalue weighted by molar-refractivity contribution is -0.119. The molecule has 1 aromatic carbocycles. The zero-order valence-electron chi connectivity index (χ0n) is 11.9. The topological polar surface area (TPSA) is 64.3 Å². The predicted molar refractivity (Wildman–Crippen MR) is 87.7 cm³/mol. The minimum atomic E-state index is -0.357. The molecule has 0 bridgehead atoms. The van der Waals surface area contributed by atoms with Gasteiger partial charge in [0.1, 0.15) is 5.75 Å². The lowest BCUT2D eigenvalue weighted by Gasteiger charge is -2.25. The summed E-state index contributed by atoms with van der Waals surface area (Å²) in [5.41, 5.74) is 5.92. The second-order valence-electron chi connectivity index (χ2n) is 5.19. The Hall–Kier alpha value is -0.590. The zero-order valence-corrected chi connectivity index (χ0v) is 15.1. The number of halogens is 2. The average Bonchev–Trinajstić information content (AvgIpc) is 2.29. The molecule has 1 amide bonds. The van der Waals surface area contributed by atoms with Crippen LogP contribution in [0.1, 0.15) is 32.8 Å². The van der Waals surface area contributed by atoms with Gasteiger partial charge in [-0.25, -0.2) is 0 Å². The third-order valence-corrected chi connectivity index (χ3v) is 3.79. The van der Waals surface area contributed by atoms with Gasteiger partial charge in [0.2, 0.25) is 5.91 Å². The monoisotopic (exact) mass is 406 g/mol. The molecule has 0 saturated carbocycles. The van der Waals surface area contributed by atoms with Crippen LogP contribution in [-0.4, -0.2) is 18.1 Å². The van der Waals surface area contributed by atoms with Crippen LogP contribution in [0.4, 0.5) is 0 Å². The highest BCUT2D eigenvalue weighted by Crippen LogP contribution is 2.33. The summed E-state index contributed by atoms with van der Waals surface area (Å²) in [6.07, 6.45) is 0.284. The standard InChI is InChI=1S/C14H20Br2N2O2/c1-4-20-13-9(5-10(15)6-11(13)16)8-18-14(2,3)7-12(17)19/h5-6,18H,4,7-8H2,1-3H3,(H2,17,19). The van der Waals surface area contributed by atoms with Crippen LogP contribution in [0.25, 0.3) is 0 Å². The van der Waals surface area contributed by atoms with E-state index in [1.54, 1.807) is 0 Å². The second kappa shape index (κ2) is 7.43. The molecule has 0 heterocycles. The van der Waals surface area contributed by atoms with Gasteiger partial charge in [-0.2, -0.15) is 0 Å². The molecule has 1 rings (SSSR count). The van der Waals surface area contributed by atoms with Gasteiger partial charge in [0.15, 0.2) is 0 Å². The van der Waals surface area contributed by atoms with Crippen LogP contribution in [-0.2, 0) is 11.3 Å². The minimum absolute atomic E-state index is 0.284. The van der Waals surface area contributed by atoms with E-state index in [1.165, 1.54) is 0 Å². The van der Waals surface area contributed by atoms with Gasteiger partial charge < -0.3 is 15.8 Å². The predicted octanol–water partition coefficient (Wildman–Crippen LogP) is 3.35. The average molecular weight is 408 g/mol. The number of benzene rings is 1. The van der Waals surface area contributed by atoms with Crippen molar-refractivity contribution >= 4 is 37.8 Å². The van der Waals surface area contributed by atoms with Crippen LogP contribution < -0.4 is 15.8 Å². The molecule has 6 heteroatoms. The number of ether oxygens (including phenoxy) is 1. The SMILES string of the molecule is CCOc1c(Br)cc(Br)cc1CNC(C)(C)CC(N)=O. The molecule has 1 aromatic rings. The minimum Gasteiger partial charge on any atom is -0.492 e. The van der Waals surface area contributed by atoms with Gasteiger partial charge in [0.05, 0.1) is 11.1 Å². The fraction of sp³-hybridized carbons (Fsp3) is 0.500. The largest absolute Gasteiger partial charge is 0.492 e. The number of carbonyl (C=O) groups excluding carboxylic acids is 1. The van der Waals surface area contributed by atoms with E-state index in [2.05, 4.69) is 37.2 Å². The number of amides is 1. The first-order valence-corrected chi connectivity index (χ1v) is 7.98. The van der Waals surface area contributed by atoms with Gasteiger partial charge in [-0.1, -0.05) is 15.9 Å². The Labute approximate surface area is 136 Å². The maximum Gasteiger partial charge on any atom is 0.219 e. The summed E-state index contributed by atoms with van der Waals surface area (Å²) in [5, 5.41) is 3.34. The van der Waals surface area contributed by atoms with E-state index in [0.717, 1.165) is 20.3 Å². The number of carbonyl (C=O) groups is 1. The van der Waals surface area contributed by atoms with Crippen LogP contribution in [0.15, 0.2) is 21.1 Å². The Morgan fingerprint density at radius 1 is 1.40 bits per heavy atom. The first kappa shape index (κ1) is 17.5. The van der Waals surface area contributed by atoms with Crippen molar-refractivity contribution in [2.24, 2.45) is 5.73 Å². The van der Waals surface area contributed by atoms with Gasteiger partial charge in [-0.3, -0.25) is 4.79 Å². The highest BCUT2D eigenvalue weighted by Gasteiger charge is 2.21. The van der Waals surface area contributed by atoms with Crippen molar-refractivity contribution in [2.75, 3.05) is 6.61 Å². The van der Waals surface area contributed by atoms with E-state index in [0.29, 0.717) is 13.2 Å². The molecule has 0 aliphatic carbocycles. The normalized spacial score (nSPS) is 11.4. The Balaban J connectivity index is 2.88. The van der Waals surface area contributed by atoms with Gasteiger partial charge in [-0.15, -0.1) is 0 Å². The van der Waals surface area contributed by atoms with Gasteiger partial charge in [-0.05, 0) is 48.8 Å². The van der Waals surface area contributed by atoms with Crippen LogP contribution in [0.3, 0.4) is 0 Å². The smallest absolute Gasteiger partial charge is 0.219 e. The molecule has 0 aliphatic rings. The molecule has 0 saturated heterocycles. The van der Waals surface area contributed by atoms with Crippen LogP contribution in [0.2, 0.25) is 0 Å². The summed E-state index contributed by atoms with van der Waals surface area (Å²) in [4.78, 5) is 11.0. The maximum absolute atomic E-state index is 11.0. The molecule has 0 atom stereocenters. The highest BCUT2D eigenvalue weighted by molar-refractivity contribution is 9.11. The zero-order chi connectivity index (χ0) is 15.3. The molecular formula is C14H20Br2N2O2. The number of nitrogens with two attached hydrogens (primary N) is 1. The fourth-order valence-electron chi connectivity index (χ4n) is 1.88. The number of primary amides is 1. The molecule has 0 unspecified atom stereocenters. The van der Waals surface area contributed by atoms with Gasteiger partial charge >= 0.3 is 0 Å². The first-order chi connectivity index (χ1) is 9.25. The summed E-state index contributed by atoms with van der Waals surface area (Å²) in [6, 6.07) is 3.95. The van der Waals surface area contributed by atoms with E-state index in [4.69, 9.17) is 10.5 Å². The van der Waals surface area contributed by atoms with Crippen molar-refractivity contribution in [2.45, 2.75) is 39.3 Å². The summed E-state index contributed by atoms with van der Waals surface area (Å²) in [7, 11) is 0. The summed E-state index contributed by atoms with van der Waals surface area (Å²) >= 11 is 6.97. The Morgan fingerprint density at radius 3 is 2.60 bits per heavy atom. The number of hydrogen-bond donors (Lipinski definition) is 2. The molecule has 20 heavy (non-hydrogen) atoms. The van der Waals surface area contributed by atoms with Crippen molar-refractivity contribution in [3.63, 3.8) is 0 Å². The molecule has 3 N–H and O–H groups in total. The second-order valence-corrected chi connectivity index (χ2v) is 6.96. The third kappa shape index (κ3) is 5.42. The van der Waals surface area contributed by atoms with Crippen LogP contribution in [0.5, 0.6) is 5.75 Å².